The van der Waals surface area contributed by atoms with Crippen LogP contribution in [0.25, 0.3) is 0 Å². The monoisotopic (exact) mass is 302 g/mol. The van der Waals surface area contributed by atoms with Crippen LogP contribution in [0.3, 0.4) is 0 Å². The van der Waals surface area contributed by atoms with E-state index in [-0.39, 0.29) is 5.91 Å². The van der Waals surface area contributed by atoms with Gasteiger partial charge in [-0.2, -0.15) is 0 Å². The number of hydrogen-bond donors (Lipinski definition) is 2. The minimum Gasteiger partial charge on any atom is -0.381 e. The van der Waals surface area contributed by atoms with E-state index in [1.807, 2.05) is 0 Å². The maximum Gasteiger partial charge on any atom is 0.267 e. The lowest BCUT2D eigenvalue weighted by molar-refractivity contribution is 0.0936. The van der Waals surface area contributed by atoms with E-state index in [0.717, 1.165) is 30.3 Å². The fourth-order valence-corrected chi connectivity index (χ4v) is 1.66. The van der Waals surface area contributed by atoms with Crippen molar-refractivity contribution in [3.8, 4) is 0 Å². The molecule has 2 N–H and O–H groups in total. The van der Waals surface area contributed by atoms with Gasteiger partial charge in [0, 0.05) is 30.4 Å². The lowest BCUT2D eigenvalue weighted by atomic mass is 10.3. The first-order valence-corrected chi connectivity index (χ1v) is 6.73. The zero-order valence-electron chi connectivity index (χ0n) is 10.1. The smallest absolute Gasteiger partial charge is 0.267 e. The molecule has 1 heterocycles. The first-order valence-electron chi connectivity index (χ1n) is 5.94. The zero-order chi connectivity index (χ0) is 12.5. The molecular weight excluding hydrogens is 284 g/mol. The topological polar surface area (TPSA) is 54.1 Å². The SMILES string of the molecule is CCCCOCCCNC(=O)c1cc(Br)c[nH]1. The third-order valence-corrected chi connectivity index (χ3v) is 2.74. The summed E-state index contributed by atoms with van der Waals surface area (Å²) in [4.78, 5) is 14.5. The van der Waals surface area contributed by atoms with Gasteiger partial charge in [-0.15, -0.1) is 0 Å². The lowest BCUT2D eigenvalue weighted by Gasteiger charge is -2.04. The Kier molecular flexibility index (Phi) is 6.96. The van der Waals surface area contributed by atoms with E-state index in [9.17, 15) is 4.79 Å². The van der Waals surface area contributed by atoms with Gasteiger partial charge < -0.3 is 15.0 Å². The number of carbonyl (C=O) groups excluding carboxylic acids is 1. The summed E-state index contributed by atoms with van der Waals surface area (Å²) in [7, 11) is 0. The molecule has 0 atom stereocenters. The van der Waals surface area contributed by atoms with Gasteiger partial charge in [0.1, 0.15) is 5.69 Å². The molecule has 0 fully saturated rings. The van der Waals surface area contributed by atoms with Crippen LogP contribution in [0.5, 0.6) is 0 Å². The van der Waals surface area contributed by atoms with Crippen molar-refractivity contribution in [3.63, 3.8) is 0 Å². The molecule has 0 saturated carbocycles. The molecule has 96 valence electrons. The Morgan fingerprint density at radius 2 is 2.24 bits per heavy atom. The van der Waals surface area contributed by atoms with Crippen LogP contribution in [0.4, 0.5) is 0 Å². The van der Waals surface area contributed by atoms with Gasteiger partial charge in [0.2, 0.25) is 0 Å². The Balaban J connectivity index is 2.05. The Morgan fingerprint density at radius 1 is 1.47 bits per heavy atom. The molecule has 0 aliphatic rings. The van der Waals surface area contributed by atoms with Gasteiger partial charge in [-0.3, -0.25) is 4.79 Å². The number of amides is 1. The molecule has 1 amide bonds. The van der Waals surface area contributed by atoms with Gasteiger partial charge in [-0.25, -0.2) is 0 Å². The highest BCUT2D eigenvalue weighted by Gasteiger charge is 2.06. The highest BCUT2D eigenvalue weighted by atomic mass is 79.9. The number of nitrogens with one attached hydrogen (secondary N) is 2. The highest BCUT2D eigenvalue weighted by Crippen LogP contribution is 2.10. The van der Waals surface area contributed by atoms with E-state index < -0.39 is 0 Å². The molecule has 1 aromatic rings. The molecule has 0 bridgehead atoms. The summed E-state index contributed by atoms with van der Waals surface area (Å²) in [5, 5.41) is 2.83. The van der Waals surface area contributed by atoms with E-state index in [1.54, 1.807) is 12.3 Å². The van der Waals surface area contributed by atoms with Crippen molar-refractivity contribution < 1.29 is 9.53 Å². The first-order chi connectivity index (χ1) is 8.24. The Hall–Kier alpha value is -0.810. The molecule has 0 aliphatic carbocycles. The normalized spacial score (nSPS) is 10.5. The van der Waals surface area contributed by atoms with Crippen LogP contribution >= 0.6 is 15.9 Å². The van der Waals surface area contributed by atoms with Crippen molar-refractivity contribution in [3.05, 3.63) is 22.4 Å². The van der Waals surface area contributed by atoms with Crippen molar-refractivity contribution >= 4 is 21.8 Å². The number of H-pyrrole nitrogens is 1. The quantitative estimate of drug-likeness (QED) is 0.726. The Bertz CT molecular complexity index is 339. The molecule has 1 aromatic heterocycles. The van der Waals surface area contributed by atoms with Crippen LogP contribution in [-0.4, -0.2) is 30.6 Å². The summed E-state index contributed by atoms with van der Waals surface area (Å²) in [5.74, 6) is -0.0794. The maximum atomic E-state index is 11.6. The summed E-state index contributed by atoms with van der Waals surface area (Å²) in [5.41, 5.74) is 0.573. The van der Waals surface area contributed by atoms with Crippen molar-refractivity contribution in [2.45, 2.75) is 26.2 Å². The molecular formula is C12H19BrN2O2. The number of aromatic amines is 1. The van der Waals surface area contributed by atoms with E-state index in [1.165, 1.54) is 0 Å². The average Bonchev–Trinajstić information content (AvgIpc) is 2.74. The molecule has 0 unspecified atom stereocenters. The summed E-state index contributed by atoms with van der Waals surface area (Å²) in [6.07, 6.45) is 4.83. The number of halogens is 1. The fourth-order valence-electron chi connectivity index (χ4n) is 1.32. The van der Waals surface area contributed by atoms with Crippen molar-refractivity contribution in [2.75, 3.05) is 19.8 Å². The van der Waals surface area contributed by atoms with E-state index in [0.29, 0.717) is 18.8 Å². The van der Waals surface area contributed by atoms with Crippen molar-refractivity contribution in [1.29, 1.82) is 0 Å². The largest absolute Gasteiger partial charge is 0.381 e. The maximum absolute atomic E-state index is 11.6. The van der Waals surface area contributed by atoms with Gasteiger partial charge in [0.15, 0.2) is 0 Å². The van der Waals surface area contributed by atoms with Crippen LogP contribution in [-0.2, 0) is 4.74 Å². The summed E-state index contributed by atoms with van der Waals surface area (Å²) >= 11 is 3.29. The lowest BCUT2D eigenvalue weighted by Crippen LogP contribution is -2.25. The second kappa shape index (κ2) is 8.31. The molecule has 0 spiro atoms. The standard InChI is InChI=1S/C12H19BrN2O2/c1-2-3-6-17-7-4-5-14-12(16)11-8-10(13)9-15-11/h8-9,15H,2-7H2,1H3,(H,14,16). The number of hydrogen-bond acceptors (Lipinski definition) is 2. The number of unbranched alkanes of at least 4 members (excludes halogenated alkanes) is 1. The van der Waals surface area contributed by atoms with E-state index >= 15 is 0 Å². The minimum absolute atomic E-state index is 0.0794. The molecule has 17 heavy (non-hydrogen) atoms. The van der Waals surface area contributed by atoms with Crippen LogP contribution < -0.4 is 5.32 Å². The molecule has 0 aliphatic heterocycles. The number of rotatable bonds is 8. The number of carbonyl (C=O) groups is 1. The second-order valence-corrected chi connectivity index (χ2v) is 4.72. The van der Waals surface area contributed by atoms with Gasteiger partial charge >= 0.3 is 0 Å². The molecule has 0 radical (unpaired) electrons. The average molecular weight is 303 g/mol. The fraction of sp³-hybridized carbons (Fsp3) is 0.583. The van der Waals surface area contributed by atoms with Gasteiger partial charge in [0.25, 0.3) is 5.91 Å². The summed E-state index contributed by atoms with van der Waals surface area (Å²) in [6, 6.07) is 1.76. The van der Waals surface area contributed by atoms with Crippen LogP contribution in [0.1, 0.15) is 36.7 Å². The predicted octanol–water partition coefficient (Wildman–Crippen LogP) is 2.71. The van der Waals surface area contributed by atoms with Crippen molar-refractivity contribution in [2.24, 2.45) is 0 Å². The van der Waals surface area contributed by atoms with E-state index in [2.05, 4.69) is 33.2 Å². The second-order valence-electron chi connectivity index (χ2n) is 3.81. The molecule has 0 aromatic carbocycles. The van der Waals surface area contributed by atoms with Crippen molar-refractivity contribution in [1.82, 2.24) is 10.3 Å². The molecule has 5 heteroatoms. The van der Waals surface area contributed by atoms with Crippen LogP contribution in [0, 0.1) is 0 Å². The van der Waals surface area contributed by atoms with E-state index in [4.69, 9.17) is 4.74 Å². The zero-order valence-corrected chi connectivity index (χ0v) is 11.7. The molecule has 4 nitrogen and oxygen atoms in total. The third-order valence-electron chi connectivity index (χ3n) is 2.29. The number of ether oxygens (including phenoxy) is 1. The van der Waals surface area contributed by atoms with Gasteiger partial charge in [-0.1, -0.05) is 13.3 Å². The van der Waals surface area contributed by atoms with Gasteiger partial charge in [-0.05, 0) is 34.8 Å². The number of aromatic nitrogens is 1. The summed E-state index contributed by atoms with van der Waals surface area (Å²) < 4.78 is 6.28. The Labute approximate surface area is 110 Å². The van der Waals surface area contributed by atoms with Gasteiger partial charge in [0.05, 0.1) is 0 Å². The van der Waals surface area contributed by atoms with Crippen LogP contribution in [0.2, 0.25) is 0 Å². The predicted molar refractivity (Wildman–Crippen MR) is 71.2 cm³/mol. The molecule has 1 rings (SSSR count). The molecule has 0 saturated heterocycles. The minimum atomic E-state index is -0.0794. The highest BCUT2D eigenvalue weighted by molar-refractivity contribution is 9.10. The first kappa shape index (κ1) is 14.3. The third kappa shape index (κ3) is 5.89. The Morgan fingerprint density at radius 3 is 2.88 bits per heavy atom. The summed E-state index contributed by atoms with van der Waals surface area (Å²) in [6.45, 7) is 4.29. The van der Waals surface area contributed by atoms with Crippen LogP contribution in [0.15, 0.2) is 16.7 Å².